The summed E-state index contributed by atoms with van der Waals surface area (Å²) in [6.07, 6.45) is 1.51. The molecule has 116 valence electrons. The molecule has 0 bridgehead atoms. The monoisotopic (exact) mass is 320 g/mol. The zero-order chi connectivity index (χ0) is 15.7. The van der Waals surface area contributed by atoms with E-state index in [0.29, 0.717) is 29.2 Å². The molecule has 1 fully saturated rings. The van der Waals surface area contributed by atoms with E-state index in [9.17, 15) is 9.59 Å². The number of carbonyl (C=O) groups excluding carboxylic acids is 2. The second kappa shape index (κ2) is 5.80. The number of carbonyl (C=O) groups is 2. The Morgan fingerprint density at radius 1 is 1.45 bits per heavy atom. The van der Waals surface area contributed by atoms with Gasteiger partial charge in [0.05, 0.1) is 11.4 Å². The van der Waals surface area contributed by atoms with Crippen LogP contribution in [-0.2, 0) is 4.79 Å². The molecule has 8 heteroatoms. The van der Waals surface area contributed by atoms with Gasteiger partial charge < -0.3 is 25.4 Å². The van der Waals surface area contributed by atoms with Gasteiger partial charge in [-0.25, -0.2) is 4.79 Å². The van der Waals surface area contributed by atoms with Crippen molar-refractivity contribution < 1.29 is 14.0 Å². The first-order valence-corrected chi connectivity index (χ1v) is 7.42. The quantitative estimate of drug-likeness (QED) is 0.738. The summed E-state index contributed by atoms with van der Waals surface area (Å²) in [5.41, 5.74) is 7.27. The minimum atomic E-state index is -0.483. The Hall–Kier alpha value is -2.35. The number of nitrogens with two attached hydrogens (primary N) is 1. The maximum absolute atomic E-state index is 12.3. The van der Waals surface area contributed by atoms with Gasteiger partial charge >= 0.3 is 6.03 Å². The molecular formula is C14H16N4O3S. The van der Waals surface area contributed by atoms with Crippen LogP contribution in [0.15, 0.2) is 22.6 Å². The third-order valence-electron chi connectivity index (χ3n) is 3.79. The number of rotatable bonds is 2. The zero-order valence-electron chi connectivity index (χ0n) is 11.8. The summed E-state index contributed by atoms with van der Waals surface area (Å²) in [5.74, 6) is -0.381. The number of fused-ring (bicyclic) bond motifs is 1. The summed E-state index contributed by atoms with van der Waals surface area (Å²) in [6.45, 7) is 0.961. The predicted octanol–water partition coefficient (Wildman–Crippen LogP) is 2.22. The van der Waals surface area contributed by atoms with Crippen LogP contribution in [0.2, 0.25) is 0 Å². The number of amides is 3. The molecule has 1 aliphatic rings. The van der Waals surface area contributed by atoms with E-state index in [2.05, 4.69) is 10.3 Å². The van der Waals surface area contributed by atoms with Gasteiger partial charge in [-0.1, -0.05) is 0 Å². The number of aromatic amines is 1. The Bertz CT molecular complexity index is 782. The Balaban J connectivity index is 1.72. The number of primary amides is 1. The average Bonchev–Trinajstić information content (AvgIpc) is 2.86. The lowest BCUT2D eigenvalue weighted by molar-refractivity contribution is -0.121. The maximum Gasteiger partial charge on any atom is 0.314 e. The second-order valence-electron chi connectivity index (χ2n) is 5.34. The Morgan fingerprint density at radius 2 is 2.27 bits per heavy atom. The van der Waals surface area contributed by atoms with Crippen LogP contribution >= 0.6 is 12.2 Å². The average molecular weight is 320 g/mol. The van der Waals surface area contributed by atoms with Crippen LogP contribution in [0, 0.1) is 10.8 Å². The molecule has 3 amide bonds. The summed E-state index contributed by atoms with van der Waals surface area (Å²) >= 11 is 4.92. The number of piperidine rings is 1. The number of hydrogen-bond donors (Lipinski definition) is 3. The van der Waals surface area contributed by atoms with Crippen molar-refractivity contribution in [2.75, 3.05) is 18.4 Å². The van der Waals surface area contributed by atoms with E-state index in [1.165, 1.54) is 4.90 Å². The third kappa shape index (κ3) is 2.96. The van der Waals surface area contributed by atoms with Gasteiger partial charge in [0.15, 0.2) is 5.58 Å². The van der Waals surface area contributed by atoms with Crippen molar-refractivity contribution in [2.24, 2.45) is 11.7 Å². The normalized spacial score (nSPS) is 18.4. The Morgan fingerprint density at radius 3 is 3.05 bits per heavy atom. The number of nitrogens with zero attached hydrogens (tertiary/aromatic N) is 1. The van der Waals surface area contributed by atoms with Crippen LogP contribution in [0.5, 0.6) is 0 Å². The van der Waals surface area contributed by atoms with Crippen LogP contribution < -0.4 is 11.1 Å². The molecule has 0 aliphatic carbocycles. The molecule has 0 saturated carbocycles. The fourth-order valence-electron chi connectivity index (χ4n) is 2.66. The largest absolute Gasteiger partial charge is 0.429 e. The molecule has 1 aliphatic heterocycles. The molecule has 22 heavy (non-hydrogen) atoms. The highest BCUT2D eigenvalue weighted by atomic mass is 32.1. The number of nitrogens with one attached hydrogen (secondary N) is 2. The molecule has 4 N–H and O–H groups in total. The van der Waals surface area contributed by atoms with Gasteiger partial charge in [-0.2, -0.15) is 0 Å². The van der Waals surface area contributed by atoms with Crippen molar-refractivity contribution in [3.05, 3.63) is 23.0 Å². The van der Waals surface area contributed by atoms with Crippen LogP contribution in [-0.4, -0.2) is 34.9 Å². The highest BCUT2D eigenvalue weighted by Crippen LogP contribution is 2.21. The summed E-state index contributed by atoms with van der Waals surface area (Å²) in [4.78, 5) is 28.2. The molecule has 7 nitrogen and oxygen atoms in total. The fourth-order valence-corrected chi connectivity index (χ4v) is 2.86. The first kappa shape index (κ1) is 14.6. The molecule has 0 spiro atoms. The van der Waals surface area contributed by atoms with E-state index in [0.717, 1.165) is 18.4 Å². The van der Waals surface area contributed by atoms with E-state index < -0.39 is 6.03 Å². The Labute approximate surface area is 131 Å². The van der Waals surface area contributed by atoms with E-state index in [1.807, 2.05) is 0 Å². The molecule has 1 atom stereocenters. The van der Waals surface area contributed by atoms with Crippen LogP contribution in [0.4, 0.5) is 10.5 Å². The SMILES string of the molecule is NC(=O)N1CCC[C@@H](C(=O)Nc2ccc3[nH]c(=S)oc3c2)C1. The van der Waals surface area contributed by atoms with Gasteiger partial charge in [-0.05, 0) is 37.2 Å². The Kier molecular flexibility index (Phi) is 3.84. The van der Waals surface area contributed by atoms with Crippen molar-refractivity contribution in [1.82, 2.24) is 9.88 Å². The number of anilines is 1. The van der Waals surface area contributed by atoms with Crippen molar-refractivity contribution in [3.8, 4) is 0 Å². The summed E-state index contributed by atoms with van der Waals surface area (Å²) in [7, 11) is 0. The fraction of sp³-hybridized carbons (Fsp3) is 0.357. The van der Waals surface area contributed by atoms with E-state index in [4.69, 9.17) is 22.4 Å². The minimum absolute atomic E-state index is 0.126. The zero-order valence-corrected chi connectivity index (χ0v) is 12.6. The first-order chi connectivity index (χ1) is 10.5. The van der Waals surface area contributed by atoms with Crippen molar-refractivity contribution in [1.29, 1.82) is 0 Å². The molecule has 2 aromatic rings. The number of benzene rings is 1. The smallest absolute Gasteiger partial charge is 0.314 e. The molecule has 1 aromatic heterocycles. The van der Waals surface area contributed by atoms with Gasteiger partial charge in [0, 0.05) is 24.8 Å². The molecule has 0 unspecified atom stereocenters. The summed E-state index contributed by atoms with van der Waals surface area (Å²) < 4.78 is 5.32. The van der Waals surface area contributed by atoms with E-state index in [-0.39, 0.29) is 11.8 Å². The van der Waals surface area contributed by atoms with Gasteiger partial charge in [-0.15, -0.1) is 0 Å². The maximum atomic E-state index is 12.3. The van der Waals surface area contributed by atoms with Crippen molar-refractivity contribution in [3.63, 3.8) is 0 Å². The van der Waals surface area contributed by atoms with Crippen molar-refractivity contribution >= 4 is 40.9 Å². The van der Waals surface area contributed by atoms with Gasteiger partial charge in [0.2, 0.25) is 5.91 Å². The lowest BCUT2D eigenvalue weighted by Gasteiger charge is -2.30. The lowest BCUT2D eigenvalue weighted by atomic mass is 9.97. The number of hydrogen-bond acceptors (Lipinski definition) is 4. The number of H-pyrrole nitrogens is 1. The molecule has 1 aromatic carbocycles. The molecule has 0 radical (unpaired) electrons. The van der Waals surface area contributed by atoms with E-state index >= 15 is 0 Å². The predicted molar refractivity (Wildman–Crippen MR) is 83.9 cm³/mol. The van der Waals surface area contributed by atoms with Gasteiger partial charge in [0.25, 0.3) is 4.84 Å². The summed E-state index contributed by atoms with van der Waals surface area (Å²) in [6, 6.07) is 4.80. The van der Waals surface area contributed by atoms with Crippen LogP contribution in [0.1, 0.15) is 12.8 Å². The van der Waals surface area contributed by atoms with E-state index in [1.54, 1.807) is 18.2 Å². The number of urea groups is 1. The number of oxazole rings is 1. The highest BCUT2D eigenvalue weighted by Gasteiger charge is 2.27. The van der Waals surface area contributed by atoms with Crippen LogP contribution in [0.25, 0.3) is 11.1 Å². The molecular weight excluding hydrogens is 304 g/mol. The molecule has 2 heterocycles. The number of likely N-dealkylation sites (tertiary alicyclic amines) is 1. The highest BCUT2D eigenvalue weighted by molar-refractivity contribution is 7.71. The van der Waals surface area contributed by atoms with Crippen LogP contribution in [0.3, 0.4) is 0 Å². The van der Waals surface area contributed by atoms with Crippen molar-refractivity contribution in [2.45, 2.75) is 12.8 Å². The first-order valence-electron chi connectivity index (χ1n) is 7.01. The topological polar surface area (TPSA) is 104 Å². The standard InChI is InChI=1S/C14H16N4O3S/c15-13(20)18-5-1-2-8(7-18)12(19)16-9-3-4-10-11(6-9)21-14(22)17-10/h3-4,6,8H,1-2,5,7H2,(H2,15,20)(H,16,19)(H,17,22)/t8-/m1/s1. The minimum Gasteiger partial charge on any atom is -0.429 e. The van der Waals surface area contributed by atoms with Gasteiger partial charge in [0.1, 0.15) is 0 Å². The second-order valence-corrected chi connectivity index (χ2v) is 5.71. The van der Waals surface area contributed by atoms with Gasteiger partial charge in [-0.3, -0.25) is 4.79 Å². The molecule has 3 rings (SSSR count). The lowest BCUT2D eigenvalue weighted by Crippen LogP contribution is -2.46. The molecule has 1 saturated heterocycles. The summed E-state index contributed by atoms with van der Waals surface area (Å²) in [5, 5.41) is 2.85. The third-order valence-corrected chi connectivity index (χ3v) is 3.98. The number of aromatic nitrogens is 1.